The minimum Gasteiger partial charge on any atom is -0.481 e. The fourth-order valence-corrected chi connectivity index (χ4v) is 1.00. The van der Waals surface area contributed by atoms with Crippen LogP contribution in [0.4, 0.5) is 0 Å². The van der Waals surface area contributed by atoms with Gasteiger partial charge in [0.1, 0.15) is 9.53 Å². The molecule has 0 aromatic heterocycles. The lowest BCUT2D eigenvalue weighted by atomic mass is 9.99. The molecule has 1 N–H and O–H groups in total. The van der Waals surface area contributed by atoms with Gasteiger partial charge in [0.15, 0.2) is 0 Å². The van der Waals surface area contributed by atoms with E-state index in [9.17, 15) is 9.59 Å². The van der Waals surface area contributed by atoms with E-state index >= 15 is 0 Å². The predicted molar refractivity (Wildman–Crippen MR) is 60.5 cm³/mol. The van der Waals surface area contributed by atoms with Gasteiger partial charge in [-0.2, -0.15) is 0 Å². The molecule has 0 fully saturated rings. The second-order valence-corrected chi connectivity index (χ2v) is 5.28. The molecule has 2 unspecified atom stereocenters. The first-order chi connectivity index (χ1) is 6.30. The molecule has 82 valence electrons. The summed E-state index contributed by atoms with van der Waals surface area (Å²) in [5, 5.41) is 8.64. The van der Waals surface area contributed by atoms with Gasteiger partial charge in [-0.15, -0.1) is 0 Å². The minimum atomic E-state index is -0.955. The second-order valence-electron chi connectivity index (χ2n) is 3.41. The molecule has 4 nitrogen and oxygen atoms in total. The first-order valence-corrected chi connectivity index (χ1v) is 5.64. The fourth-order valence-electron chi connectivity index (χ4n) is 0.877. The van der Waals surface area contributed by atoms with E-state index in [1.54, 1.807) is 20.8 Å². The van der Waals surface area contributed by atoms with Crippen molar-refractivity contribution in [1.29, 1.82) is 0 Å². The molecule has 0 aromatic carbocycles. The van der Waals surface area contributed by atoms with Crippen molar-refractivity contribution in [2.45, 2.75) is 43.1 Å². The summed E-state index contributed by atoms with van der Waals surface area (Å²) in [7, 11) is 0. The molecule has 0 aliphatic rings. The number of esters is 1. The molecule has 0 rings (SSSR count). The van der Waals surface area contributed by atoms with Crippen molar-refractivity contribution in [1.82, 2.24) is 0 Å². The molecule has 0 saturated carbocycles. The van der Waals surface area contributed by atoms with E-state index in [2.05, 4.69) is 0 Å². The Morgan fingerprint density at radius 2 is 2.07 bits per heavy atom. The molecule has 2 atom stereocenters. The number of rotatable bonds is 5. The standard InChI is InChI=1S/C9H15IO4/c1-4-9(3,5-7(11)12)14-8(13)6(2)10/h6H,4-5H2,1-3H3,(H,11,12). The number of aliphatic carboxylic acids is 1. The van der Waals surface area contributed by atoms with Crippen LogP contribution in [0.2, 0.25) is 0 Å². The van der Waals surface area contributed by atoms with Crippen LogP contribution in [-0.4, -0.2) is 26.6 Å². The van der Waals surface area contributed by atoms with Crippen molar-refractivity contribution < 1.29 is 19.4 Å². The molecule has 0 aliphatic carbocycles. The number of carboxylic acids is 1. The topological polar surface area (TPSA) is 63.6 Å². The van der Waals surface area contributed by atoms with Crippen LogP contribution in [0.3, 0.4) is 0 Å². The van der Waals surface area contributed by atoms with Gasteiger partial charge in [-0.25, -0.2) is 0 Å². The first-order valence-electron chi connectivity index (χ1n) is 4.39. The number of hydrogen-bond donors (Lipinski definition) is 1. The molecule has 0 spiro atoms. The van der Waals surface area contributed by atoms with Crippen molar-refractivity contribution in [3.05, 3.63) is 0 Å². The third-order valence-corrected chi connectivity index (χ3v) is 2.45. The summed E-state index contributed by atoms with van der Waals surface area (Å²) in [6.07, 6.45) is 0.340. The third kappa shape index (κ3) is 4.78. The molecule has 14 heavy (non-hydrogen) atoms. The molecule has 0 aliphatic heterocycles. The van der Waals surface area contributed by atoms with E-state index in [4.69, 9.17) is 9.84 Å². The Bertz CT molecular complexity index is 227. The van der Waals surface area contributed by atoms with Crippen molar-refractivity contribution in [2.75, 3.05) is 0 Å². The van der Waals surface area contributed by atoms with E-state index in [1.807, 2.05) is 22.6 Å². The van der Waals surface area contributed by atoms with Gasteiger partial charge in [-0.05, 0) is 20.3 Å². The van der Waals surface area contributed by atoms with Gasteiger partial charge in [0.05, 0.1) is 6.42 Å². The van der Waals surface area contributed by atoms with Crippen LogP contribution in [0.15, 0.2) is 0 Å². The smallest absolute Gasteiger partial charge is 0.319 e. The SMILES string of the molecule is CCC(C)(CC(=O)O)OC(=O)C(C)I. The summed E-state index contributed by atoms with van der Waals surface area (Å²) in [6.45, 7) is 5.14. The zero-order valence-corrected chi connectivity index (χ0v) is 10.7. The average Bonchev–Trinajstić information content (AvgIpc) is 2.02. The Balaban J connectivity index is 4.39. The third-order valence-electron chi connectivity index (χ3n) is 1.94. The molecule has 0 heterocycles. The zero-order chi connectivity index (χ0) is 11.4. The molecule has 0 bridgehead atoms. The lowest BCUT2D eigenvalue weighted by Gasteiger charge is -2.27. The Morgan fingerprint density at radius 1 is 1.57 bits per heavy atom. The van der Waals surface area contributed by atoms with Gasteiger partial charge in [0.25, 0.3) is 0 Å². The van der Waals surface area contributed by atoms with Crippen LogP contribution in [0.1, 0.15) is 33.6 Å². The van der Waals surface area contributed by atoms with Crippen LogP contribution >= 0.6 is 22.6 Å². The Labute approximate surface area is 97.2 Å². The summed E-state index contributed by atoms with van der Waals surface area (Å²) in [5.41, 5.74) is -0.887. The number of ether oxygens (including phenoxy) is 1. The maximum absolute atomic E-state index is 11.3. The van der Waals surface area contributed by atoms with E-state index < -0.39 is 11.6 Å². The molecule has 0 aromatic rings. The monoisotopic (exact) mass is 314 g/mol. The highest BCUT2D eigenvalue weighted by Gasteiger charge is 2.30. The molecule has 0 amide bonds. The van der Waals surface area contributed by atoms with Crippen molar-refractivity contribution in [3.8, 4) is 0 Å². The highest BCUT2D eigenvalue weighted by atomic mass is 127. The highest BCUT2D eigenvalue weighted by molar-refractivity contribution is 14.1. The molecule has 0 saturated heterocycles. The normalized spacial score (nSPS) is 16.9. The maximum atomic E-state index is 11.3. The van der Waals surface area contributed by atoms with E-state index in [1.165, 1.54) is 0 Å². The summed E-state index contributed by atoms with van der Waals surface area (Å²) >= 11 is 1.94. The van der Waals surface area contributed by atoms with Crippen LogP contribution < -0.4 is 0 Å². The number of carboxylic acid groups (broad SMARTS) is 1. The summed E-state index contributed by atoms with van der Waals surface area (Å²) in [4.78, 5) is 21.8. The average molecular weight is 314 g/mol. The van der Waals surface area contributed by atoms with Gasteiger partial charge >= 0.3 is 11.9 Å². The van der Waals surface area contributed by atoms with Crippen LogP contribution in [0.25, 0.3) is 0 Å². The number of carbonyl (C=O) groups excluding carboxylic acids is 1. The molecular formula is C9H15IO4. The summed E-state index contributed by atoms with van der Waals surface area (Å²) in [6, 6.07) is 0. The number of halogens is 1. The molecular weight excluding hydrogens is 299 g/mol. The predicted octanol–water partition coefficient (Wildman–Crippen LogP) is 2.00. The highest BCUT2D eigenvalue weighted by Crippen LogP contribution is 2.21. The number of alkyl halides is 1. The van der Waals surface area contributed by atoms with Crippen LogP contribution in [-0.2, 0) is 14.3 Å². The second kappa shape index (κ2) is 5.53. The lowest BCUT2D eigenvalue weighted by Crippen LogP contribution is -2.35. The van der Waals surface area contributed by atoms with Crippen molar-refractivity contribution >= 4 is 34.5 Å². The van der Waals surface area contributed by atoms with Crippen molar-refractivity contribution in [2.24, 2.45) is 0 Å². The fraction of sp³-hybridized carbons (Fsp3) is 0.778. The van der Waals surface area contributed by atoms with Gasteiger partial charge in [0, 0.05) is 0 Å². The number of carbonyl (C=O) groups is 2. The summed E-state index contributed by atoms with van der Waals surface area (Å²) < 4.78 is 4.87. The van der Waals surface area contributed by atoms with Crippen LogP contribution in [0.5, 0.6) is 0 Å². The van der Waals surface area contributed by atoms with E-state index in [-0.39, 0.29) is 16.3 Å². The molecule has 5 heteroatoms. The Hall–Kier alpha value is -0.330. The maximum Gasteiger partial charge on any atom is 0.319 e. The Morgan fingerprint density at radius 3 is 2.36 bits per heavy atom. The largest absolute Gasteiger partial charge is 0.481 e. The minimum absolute atomic E-state index is 0.154. The van der Waals surface area contributed by atoms with E-state index in [0.29, 0.717) is 6.42 Å². The van der Waals surface area contributed by atoms with Gasteiger partial charge < -0.3 is 9.84 Å². The van der Waals surface area contributed by atoms with E-state index in [0.717, 1.165) is 0 Å². The lowest BCUT2D eigenvalue weighted by molar-refractivity contribution is -0.162. The first kappa shape index (κ1) is 13.7. The van der Waals surface area contributed by atoms with Gasteiger partial charge in [-0.3, -0.25) is 9.59 Å². The molecule has 0 radical (unpaired) electrons. The number of hydrogen-bond acceptors (Lipinski definition) is 3. The zero-order valence-electron chi connectivity index (χ0n) is 8.54. The van der Waals surface area contributed by atoms with Crippen molar-refractivity contribution in [3.63, 3.8) is 0 Å². The summed E-state index contributed by atoms with van der Waals surface area (Å²) in [5.74, 6) is -1.32. The quantitative estimate of drug-likeness (QED) is 0.479. The van der Waals surface area contributed by atoms with Crippen LogP contribution in [0, 0.1) is 0 Å². The van der Waals surface area contributed by atoms with Gasteiger partial charge in [0.2, 0.25) is 0 Å². The Kier molecular flexibility index (Phi) is 5.40. The van der Waals surface area contributed by atoms with Gasteiger partial charge in [-0.1, -0.05) is 29.5 Å².